The summed E-state index contributed by atoms with van der Waals surface area (Å²) in [6.07, 6.45) is 1.51. The summed E-state index contributed by atoms with van der Waals surface area (Å²) in [6, 6.07) is 0. The highest BCUT2D eigenvalue weighted by Crippen LogP contribution is 1.99. The van der Waals surface area contributed by atoms with Crippen LogP contribution in [0.15, 0.2) is 11.8 Å². The molecule has 0 aliphatic rings. The van der Waals surface area contributed by atoms with Gasteiger partial charge in [0.25, 0.3) is 0 Å². The summed E-state index contributed by atoms with van der Waals surface area (Å²) in [5, 5.41) is 9.11. The average molecular weight is 201 g/mol. The van der Waals surface area contributed by atoms with Crippen molar-refractivity contribution in [2.75, 3.05) is 20.3 Å². The fourth-order valence-electron chi connectivity index (χ4n) is 0.834. The van der Waals surface area contributed by atoms with Crippen molar-refractivity contribution >= 4 is 11.9 Å². The van der Waals surface area contributed by atoms with Crippen molar-refractivity contribution < 1.29 is 19.6 Å². The molecule has 0 radical (unpaired) electrons. The van der Waals surface area contributed by atoms with Crippen LogP contribution in [-0.4, -0.2) is 32.1 Å². The molecule has 0 aliphatic carbocycles. The highest BCUT2D eigenvalue weighted by molar-refractivity contribution is 6.14. The normalized spacial score (nSPS) is 10.9. The number of nitrogens with one attached hydrogen (secondary N) is 1. The van der Waals surface area contributed by atoms with E-state index in [9.17, 15) is 4.79 Å². The molecule has 0 bridgehead atoms. The van der Waals surface area contributed by atoms with E-state index in [2.05, 4.69) is 0 Å². The van der Waals surface area contributed by atoms with Crippen molar-refractivity contribution in [2.24, 2.45) is 0 Å². The lowest BCUT2D eigenvalue weighted by atomic mass is 10.3. The molecule has 5 nitrogen and oxygen atoms in total. The summed E-state index contributed by atoms with van der Waals surface area (Å²) in [6.45, 7) is 4.13. The van der Waals surface area contributed by atoms with Crippen LogP contribution < -0.4 is 5.32 Å². The Morgan fingerprint density at radius 2 is 1.93 bits per heavy atom. The van der Waals surface area contributed by atoms with Gasteiger partial charge < -0.3 is 14.8 Å². The highest BCUT2D eigenvalue weighted by atomic mass is 16.5. The molecular weight excluding hydrogens is 184 g/mol. The monoisotopic (exact) mass is 201 g/mol. The zero-order valence-corrected chi connectivity index (χ0v) is 8.79. The van der Waals surface area contributed by atoms with Gasteiger partial charge in [0, 0.05) is 0 Å². The minimum Gasteiger partial charge on any atom is -0.478 e. The first-order valence-electron chi connectivity index (χ1n) is 4.55. The number of quaternary nitrogens is 1. The second kappa shape index (κ2) is 7.08. The molecule has 0 atom stereocenters. The minimum atomic E-state index is -0.524. The van der Waals surface area contributed by atoms with E-state index in [-0.39, 0.29) is 11.5 Å². The number of esters is 1. The SMILES string of the molecule is CCOC(=N)/C(=C\[NH2+]C)C(=O)OCC. The van der Waals surface area contributed by atoms with E-state index in [0.717, 1.165) is 0 Å². The van der Waals surface area contributed by atoms with E-state index in [1.165, 1.54) is 6.20 Å². The van der Waals surface area contributed by atoms with Crippen LogP contribution in [-0.2, 0) is 14.3 Å². The number of carbonyl (C=O) groups excluding carboxylic acids is 1. The first-order chi connectivity index (χ1) is 6.67. The van der Waals surface area contributed by atoms with Crippen molar-refractivity contribution in [1.29, 1.82) is 5.41 Å². The number of ether oxygens (including phenoxy) is 2. The molecule has 0 saturated carbocycles. The Morgan fingerprint density at radius 1 is 1.36 bits per heavy atom. The van der Waals surface area contributed by atoms with Gasteiger partial charge in [0.1, 0.15) is 6.20 Å². The van der Waals surface area contributed by atoms with E-state index >= 15 is 0 Å². The van der Waals surface area contributed by atoms with E-state index in [4.69, 9.17) is 14.9 Å². The summed E-state index contributed by atoms with van der Waals surface area (Å²) in [5.74, 6) is -0.673. The summed E-state index contributed by atoms with van der Waals surface area (Å²) in [4.78, 5) is 11.3. The molecule has 0 unspecified atom stereocenters. The summed E-state index contributed by atoms with van der Waals surface area (Å²) in [5.41, 5.74) is 0.149. The first-order valence-corrected chi connectivity index (χ1v) is 4.55. The Bertz CT molecular complexity index is 216. The lowest BCUT2D eigenvalue weighted by Crippen LogP contribution is -2.73. The van der Waals surface area contributed by atoms with Gasteiger partial charge in [-0.15, -0.1) is 0 Å². The topological polar surface area (TPSA) is 76.0 Å². The Morgan fingerprint density at radius 3 is 2.36 bits per heavy atom. The maximum Gasteiger partial charge on any atom is 0.349 e. The Balaban J connectivity index is 4.51. The van der Waals surface area contributed by atoms with Crippen molar-refractivity contribution in [3.05, 3.63) is 11.8 Å². The average Bonchev–Trinajstić information content (AvgIpc) is 2.14. The van der Waals surface area contributed by atoms with Gasteiger partial charge in [0.05, 0.1) is 20.3 Å². The molecule has 3 N–H and O–H groups in total. The van der Waals surface area contributed by atoms with Crippen LogP contribution in [0.2, 0.25) is 0 Å². The van der Waals surface area contributed by atoms with Crippen molar-refractivity contribution in [3.63, 3.8) is 0 Å². The van der Waals surface area contributed by atoms with Crippen LogP contribution in [0.1, 0.15) is 13.8 Å². The Kier molecular flexibility index (Phi) is 6.39. The van der Waals surface area contributed by atoms with Crippen LogP contribution in [0, 0.1) is 5.41 Å². The van der Waals surface area contributed by atoms with Gasteiger partial charge in [-0.3, -0.25) is 5.41 Å². The zero-order valence-electron chi connectivity index (χ0n) is 8.79. The fourth-order valence-corrected chi connectivity index (χ4v) is 0.834. The minimum absolute atomic E-state index is 0.149. The van der Waals surface area contributed by atoms with Crippen molar-refractivity contribution in [3.8, 4) is 0 Å². The first kappa shape index (κ1) is 12.6. The molecule has 0 aromatic rings. The van der Waals surface area contributed by atoms with Gasteiger partial charge in [-0.25, -0.2) is 4.79 Å². The number of carbonyl (C=O) groups is 1. The molecule has 0 saturated heterocycles. The maximum absolute atomic E-state index is 11.3. The molecule has 0 fully saturated rings. The molecule has 80 valence electrons. The third-order valence-corrected chi connectivity index (χ3v) is 1.36. The van der Waals surface area contributed by atoms with Gasteiger partial charge >= 0.3 is 5.97 Å². The van der Waals surface area contributed by atoms with E-state index in [0.29, 0.717) is 13.2 Å². The fraction of sp³-hybridized carbons (Fsp3) is 0.556. The van der Waals surface area contributed by atoms with Gasteiger partial charge in [0.2, 0.25) is 5.90 Å². The summed E-state index contributed by atoms with van der Waals surface area (Å²) < 4.78 is 9.69. The van der Waals surface area contributed by atoms with Gasteiger partial charge in [0.15, 0.2) is 5.57 Å². The number of rotatable bonds is 5. The van der Waals surface area contributed by atoms with Crippen molar-refractivity contribution in [2.45, 2.75) is 13.8 Å². The molecule has 0 rings (SSSR count). The van der Waals surface area contributed by atoms with Crippen LogP contribution in [0.4, 0.5) is 0 Å². The predicted molar refractivity (Wildman–Crippen MR) is 51.9 cm³/mol. The van der Waals surface area contributed by atoms with E-state index in [1.54, 1.807) is 26.2 Å². The number of nitrogens with two attached hydrogens (primary N) is 1. The Hall–Kier alpha value is -1.36. The molecule has 0 amide bonds. The van der Waals surface area contributed by atoms with Gasteiger partial charge in [-0.05, 0) is 13.8 Å². The van der Waals surface area contributed by atoms with Gasteiger partial charge in [-0.2, -0.15) is 0 Å². The maximum atomic E-state index is 11.3. The standard InChI is InChI=1S/C9H16N2O3/c1-4-13-8(10)7(6-11-3)9(12)14-5-2/h6,10-11H,4-5H2,1-3H3/p+1/b7-6+,10-8?. The molecule has 0 aliphatic heterocycles. The molecule has 0 aromatic heterocycles. The predicted octanol–water partition coefficient (Wildman–Crippen LogP) is -0.360. The molecule has 0 heterocycles. The van der Waals surface area contributed by atoms with E-state index < -0.39 is 5.97 Å². The van der Waals surface area contributed by atoms with Crippen LogP contribution in [0.25, 0.3) is 0 Å². The second-order valence-electron chi connectivity index (χ2n) is 2.40. The largest absolute Gasteiger partial charge is 0.478 e. The number of hydrogen-bond donors (Lipinski definition) is 2. The van der Waals surface area contributed by atoms with Crippen LogP contribution in [0.3, 0.4) is 0 Å². The molecule has 0 spiro atoms. The van der Waals surface area contributed by atoms with Gasteiger partial charge in [-0.1, -0.05) is 0 Å². The Labute approximate surface area is 83.6 Å². The van der Waals surface area contributed by atoms with E-state index in [1.807, 2.05) is 0 Å². The quantitative estimate of drug-likeness (QED) is 0.276. The lowest BCUT2D eigenvalue weighted by Gasteiger charge is -2.06. The molecule has 14 heavy (non-hydrogen) atoms. The smallest absolute Gasteiger partial charge is 0.349 e. The summed E-state index contributed by atoms with van der Waals surface area (Å²) >= 11 is 0. The van der Waals surface area contributed by atoms with Crippen molar-refractivity contribution in [1.82, 2.24) is 0 Å². The van der Waals surface area contributed by atoms with Crippen LogP contribution in [0.5, 0.6) is 0 Å². The molecular formula is C9H17N2O3+. The third kappa shape index (κ3) is 4.04. The second-order valence-corrected chi connectivity index (χ2v) is 2.40. The third-order valence-electron chi connectivity index (χ3n) is 1.36. The lowest BCUT2D eigenvalue weighted by molar-refractivity contribution is -0.556. The van der Waals surface area contributed by atoms with Crippen LogP contribution >= 0.6 is 0 Å². The zero-order chi connectivity index (χ0) is 11.0. The molecule has 5 heteroatoms. The number of hydrogen-bond acceptors (Lipinski definition) is 4. The highest BCUT2D eigenvalue weighted by Gasteiger charge is 2.18. The summed E-state index contributed by atoms with van der Waals surface area (Å²) in [7, 11) is 1.76. The molecule has 0 aromatic carbocycles.